The molecule has 7 heteroatoms. The van der Waals surface area contributed by atoms with E-state index in [4.69, 9.17) is 16.7 Å². The van der Waals surface area contributed by atoms with Crippen LogP contribution in [0, 0.1) is 5.82 Å². The molecule has 152 valence electrons. The monoisotopic (exact) mass is 416 g/mol. The zero-order valence-corrected chi connectivity index (χ0v) is 16.6. The van der Waals surface area contributed by atoms with Gasteiger partial charge in [0, 0.05) is 29.8 Å². The molecule has 5 nitrogen and oxygen atoms in total. The largest absolute Gasteiger partial charge is 0.396 e. The molecule has 0 radical (unpaired) electrons. The predicted octanol–water partition coefficient (Wildman–Crippen LogP) is 3.96. The first kappa shape index (κ1) is 21.0. The van der Waals surface area contributed by atoms with Gasteiger partial charge in [-0.2, -0.15) is 0 Å². The van der Waals surface area contributed by atoms with Crippen molar-refractivity contribution in [3.05, 3.63) is 80.3 Å². The van der Waals surface area contributed by atoms with Crippen molar-refractivity contribution in [1.82, 2.24) is 10.3 Å². The van der Waals surface area contributed by atoms with Crippen LogP contribution in [0.4, 0.5) is 4.39 Å². The van der Waals surface area contributed by atoms with E-state index >= 15 is 0 Å². The minimum atomic E-state index is -0.531. The third kappa shape index (κ3) is 5.22. The zero-order valence-electron chi connectivity index (χ0n) is 15.8. The van der Waals surface area contributed by atoms with Crippen LogP contribution in [0.15, 0.2) is 47.4 Å². The topological polar surface area (TPSA) is 82.2 Å². The highest BCUT2D eigenvalue weighted by Crippen LogP contribution is 2.19. The van der Waals surface area contributed by atoms with Crippen LogP contribution in [0.1, 0.15) is 40.7 Å². The minimum absolute atomic E-state index is 0.0664. The summed E-state index contributed by atoms with van der Waals surface area (Å²) in [6.07, 6.45) is 4.21. The average molecular weight is 417 g/mol. The van der Waals surface area contributed by atoms with Crippen molar-refractivity contribution in [1.29, 1.82) is 0 Å². The third-order valence-corrected chi connectivity index (χ3v) is 5.00. The molecule has 0 saturated heterocycles. The Labute approximate surface area is 172 Å². The fourth-order valence-electron chi connectivity index (χ4n) is 3.22. The maximum Gasteiger partial charge on any atom is 0.257 e. The fraction of sp³-hybridized carbons (Fsp3) is 0.273. The second-order valence-electron chi connectivity index (χ2n) is 6.86. The fourth-order valence-corrected chi connectivity index (χ4v) is 3.34. The Morgan fingerprint density at radius 2 is 1.90 bits per heavy atom. The van der Waals surface area contributed by atoms with E-state index in [0.717, 1.165) is 24.5 Å². The number of nitrogens with one attached hydrogen (secondary N) is 2. The van der Waals surface area contributed by atoms with Crippen molar-refractivity contribution >= 4 is 28.4 Å². The van der Waals surface area contributed by atoms with Crippen LogP contribution in [0.2, 0.25) is 5.02 Å². The number of fused-ring (bicyclic) bond motifs is 1. The molecule has 0 unspecified atom stereocenters. The molecular weight excluding hydrogens is 395 g/mol. The van der Waals surface area contributed by atoms with Gasteiger partial charge in [-0.3, -0.25) is 9.59 Å². The number of hydrogen-bond donors (Lipinski definition) is 3. The highest BCUT2D eigenvalue weighted by atomic mass is 35.5. The number of unbranched alkanes of at least 4 members (excludes halogenated alkanes) is 2. The number of benzene rings is 2. The number of aliphatic hydroxyl groups is 1. The lowest BCUT2D eigenvalue weighted by Gasteiger charge is -2.10. The summed E-state index contributed by atoms with van der Waals surface area (Å²) in [7, 11) is 0. The van der Waals surface area contributed by atoms with Gasteiger partial charge in [0.25, 0.3) is 5.91 Å². The van der Waals surface area contributed by atoms with E-state index in [1.165, 1.54) is 12.3 Å². The summed E-state index contributed by atoms with van der Waals surface area (Å²) >= 11 is 5.84. The Morgan fingerprint density at radius 3 is 2.62 bits per heavy atom. The number of hydrogen-bond acceptors (Lipinski definition) is 3. The average Bonchev–Trinajstić information content (AvgIpc) is 2.71. The lowest BCUT2D eigenvalue weighted by Crippen LogP contribution is -2.28. The van der Waals surface area contributed by atoms with Crippen molar-refractivity contribution in [3.63, 3.8) is 0 Å². The van der Waals surface area contributed by atoms with E-state index in [2.05, 4.69) is 10.3 Å². The van der Waals surface area contributed by atoms with Crippen molar-refractivity contribution in [3.8, 4) is 0 Å². The standard InChI is InChI=1S/C22H22ClFN2O3/c23-16-7-5-14(6-8-16)12-26-22(29)19-13-25-20-15(4-2-1-3-9-27)10-17(24)11-18(20)21(19)28/h5-8,10-11,13,27H,1-4,9,12H2,(H,25,28)(H,26,29). The van der Waals surface area contributed by atoms with Gasteiger partial charge in [0.1, 0.15) is 11.4 Å². The Morgan fingerprint density at radius 1 is 1.14 bits per heavy atom. The van der Waals surface area contributed by atoms with E-state index in [9.17, 15) is 14.0 Å². The number of carbonyl (C=O) groups excluding carboxylic acids is 1. The van der Waals surface area contributed by atoms with Gasteiger partial charge in [0.2, 0.25) is 5.43 Å². The molecule has 3 rings (SSSR count). The van der Waals surface area contributed by atoms with Gasteiger partial charge >= 0.3 is 0 Å². The first-order valence-electron chi connectivity index (χ1n) is 9.47. The number of aliphatic hydroxyl groups excluding tert-OH is 1. The summed E-state index contributed by atoms with van der Waals surface area (Å²) in [5.74, 6) is -1.05. The quantitative estimate of drug-likeness (QED) is 0.486. The molecule has 0 saturated carbocycles. The van der Waals surface area contributed by atoms with Crippen LogP contribution >= 0.6 is 11.6 Å². The zero-order chi connectivity index (χ0) is 20.8. The van der Waals surface area contributed by atoms with Crippen LogP contribution in [0.25, 0.3) is 10.9 Å². The summed E-state index contributed by atoms with van der Waals surface area (Å²) in [6.45, 7) is 0.363. The molecule has 0 bridgehead atoms. The Kier molecular flexibility index (Phi) is 7.01. The molecule has 0 aliphatic carbocycles. The number of rotatable bonds is 8. The molecule has 0 spiro atoms. The van der Waals surface area contributed by atoms with Crippen molar-refractivity contribution in [2.75, 3.05) is 6.61 Å². The summed E-state index contributed by atoms with van der Waals surface area (Å²) in [5.41, 5.74) is 1.49. The molecule has 3 N–H and O–H groups in total. The van der Waals surface area contributed by atoms with Crippen LogP contribution in [0.5, 0.6) is 0 Å². The highest BCUT2D eigenvalue weighted by molar-refractivity contribution is 6.30. The maximum atomic E-state index is 14.1. The second kappa shape index (κ2) is 9.67. The first-order chi connectivity index (χ1) is 14.0. The smallest absolute Gasteiger partial charge is 0.257 e. The molecule has 1 aromatic heterocycles. The summed E-state index contributed by atoms with van der Waals surface area (Å²) in [6, 6.07) is 9.56. The lowest BCUT2D eigenvalue weighted by molar-refractivity contribution is 0.0949. The third-order valence-electron chi connectivity index (χ3n) is 4.75. The van der Waals surface area contributed by atoms with Crippen LogP contribution in [-0.2, 0) is 13.0 Å². The summed E-state index contributed by atoms with van der Waals surface area (Å²) in [4.78, 5) is 28.3. The van der Waals surface area contributed by atoms with Crippen molar-refractivity contribution in [2.24, 2.45) is 0 Å². The van der Waals surface area contributed by atoms with Gasteiger partial charge in [0.15, 0.2) is 0 Å². The number of amides is 1. The molecule has 29 heavy (non-hydrogen) atoms. The van der Waals surface area contributed by atoms with Gasteiger partial charge in [-0.15, -0.1) is 0 Å². The first-order valence-corrected chi connectivity index (χ1v) is 9.84. The molecule has 0 fully saturated rings. The number of carbonyl (C=O) groups is 1. The normalized spacial score (nSPS) is 11.0. The number of aromatic nitrogens is 1. The van der Waals surface area contributed by atoms with E-state index in [1.54, 1.807) is 24.3 Å². The number of pyridine rings is 1. The van der Waals surface area contributed by atoms with E-state index in [1.807, 2.05) is 0 Å². The Hall–Kier alpha value is -2.70. The molecule has 0 aliphatic heterocycles. The Bertz CT molecular complexity index is 1060. The molecular formula is C22H22ClFN2O3. The SMILES string of the molecule is O=C(NCc1ccc(Cl)cc1)c1c[nH]c2c(CCCCCO)cc(F)cc2c1=O. The highest BCUT2D eigenvalue weighted by Gasteiger charge is 2.15. The van der Waals surface area contributed by atoms with Gasteiger partial charge in [0.05, 0.1) is 5.52 Å². The molecule has 0 atom stereocenters. The van der Waals surface area contributed by atoms with Crippen LogP contribution in [-0.4, -0.2) is 22.6 Å². The predicted molar refractivity (Wildman–Crippen MR) is 112 cm³/mol. The van der Waals surface area contributed by atoms with Gasteiger partial charge in [-0.05, 0) is 54.7 Å². The molecule has 2 aromatic carbocycles. The van der Waals surface area contributed by atoms with Crippen LogP contribution < -0.4 is 10.7 Å². The summed E-state index contributed by atoms with van der Waals surface area (Å²) < 4.78 is 14.1. The lowest BCUT2D eigenvalue weighted by atomic mass is 10.0. The van der Waals surface area contributed by atoms with E-state index in [-0.39, 0.29) is 24.1 Å². The maximum absolute atomic E-state index is 14.1. The number of H-pyrrole nitrogens is 1. The minimum Gasteiger partial charge on any atom is -0.396 e. The Balaban J connectivity index is 1.82. The molecule has 1 heterocycles. The van der Waals surface area contributed by atoms with Gasteiger partial charge in [-0.25, -0.2) is 4.39 Å². The number of aromatic amines is 1. The van der Waals surface area contributed by atoms with Crippen molar-refractivity contribution in [2.45, 2.75) is 32.2 Å². The molecule has 3 aromatic rings. The van der Waals surface area contributed by atoms with E-state index in [0.29, 0.717) is 28.9 Å². The molecule has 1 amide bonds. The van der Waals surface area contributed by atoms with Crippen molar-refractivity contribution < 1.29 is 14.3 Å². The number of halogens is 2. The van der Waals surface area contributed by atoms with Gasteiger partial charge in [-0.1, -0.05) is 30.2 Å². The number of aryl methyl sites for hydroxylation is 1. The van der Waals surface area contributed by atoms with E-state index < -0.39 is 17.2 Å². The summed E-state index contributed by atoms with van der Waals surface area (Å²) in [5, 5.41) is 12.3. The second-order valence-corrected chi connectivity index (χ2v) is 7.30. The van der Waals surface area contributed by atoms with Gasteiger partial charge < -0.3 is 15.4 Å². The van der Waals surface area contributed by atoms with Crippen LogP contribution in [0.3, 0.4) is 0 Å². The molecule has 0 aliphatic rings.